The summed E-state index contributed by atoms with van der Waals surface area (Å²) in [6.45, 7) is 14.4. The van der Waals surface area contributed by atoms with Gasteiger partial charge in [-0.25, -0.2) is 0 Å². The van der Waals surface area contributed by atoms with Crippen LogP contribution in [0.5, 0.6) is 0 Å². The van der Waals surface area contributed by atoms with Crippen molar-refractivity contribution in [1.29, 1.82) is 0 Å². The normalized spacial score (nSPS) is 44.8. The molecule has 4 unspecified atom stereocenters. The largest absolute Gasteiger partial charge is 0.310 e. The third-order valence-electron chi connectivity index (χ3n) is 4.67. The van der Waals surface area contributed by atoms with Crippen molar-refractivity contribution in [2.24, 2.45) is 11.8 Å². The summed E-state index contributed by atoms with van der Waals surface area (Å²) < 4.78 is 0. The third-order valence-corrected chi connectivity index (χ3v) is 4.67. The lowest BCUT2D eigenvalue weighted by atomic mass is 9.84. The van der Waals surface area contributed by atoms with Gasteiger partial charge in [-0.3, -0.25) is 4.90 Å². The van der Waals surface area contributed by atoms with Crippen molar-refractivity contribution in [2.75, 3.05) is 13.1 Å². The molecule has 2 heteroatoms. The van der Waals surface area contributed by atoms with Crippen LogP contribution in [0.3, 0.4) is 0 Å². The van der Waals surface area contributed by atoms with Crippen LogP contribution in [-0.4, -0.2) is 35.6 Å². The van der Waals surface area contributed by atoms with E-state index in [0.29, 0.717) is 5.54 Å². The first-order valence-corrected chi connectivity index (χ1v) is 6.90. The van der Waals surface area contributed by atoms with E-state index in [1.165, 1.54) is 25.9 Å². The van der Waals surface area contributed by atoms with Crippen molar-refractivity contribution < 1.29 is 0 Å². The second kappa shape index (κ2) is 4.30. The van der Waals surface area contributed by atoms with Crippen molar-refractivity contribution in [3.05, 3.63) is 0 Å². The molecule has 0 saturated carbocycles. The molecule has 0 spiro atoms. The monoisotopic (exact) mass is 224 g/mol. The van der Waals surface area contributed by atoms with E-state index in [4.69, 9.17) is 0 Å². The third kappa shape index (κ3) is 2.43. The number of likely N-dealkylation sites (tertiary alicyclic amines) is 1. The summed E-state index contributed by atoms with van der Waals surface area (Å²) in [4.78, 5) is 2.76. The highest BCUT2D eigenvalue weighted by Gasteiger charge is 2.39. The summed E-state index contributed by atoms with van der Waals surface area (Å²) in [5.74, 6) is 1.72. The van der Waals surface area contributed by atoms with Crippen LogP contribution in [-0.2, 0) is 0 Å². The lowest BCUT2D eigenvalue weighted by Crippen LogP contribution is -2.51. The molecule has 2 saturated heterocycles. The van der Waals surface area contributed by atoms with Crippen LogP contribution >= 0.6 is 0 Å². The summed E-state index contributed by atoms with van der Waals surface area (Å²) in [5, 5.41) is 3.65. The van der Waals surface area contributed by atoms with Crippen LogP contribution in [0.1, 0.15) is 47.5 Å². The summed E-state index contributed by atoms with van der Waals surface area (Å²) in [6, 6.07) is 1.52. The minimum Gasteiger partial charge on any atom is -0.310 e. The standard InChI is InChI=1S/C14H28N2/c1-10-6-11(2)12(3)16(9-10)13-7-14(4,5)15-8-13/h10-13,15H,6-9H2,1-5H3. The first-order chi connectivity index (χ1) is 7.39. The second-order valence-corrected chi connectivity index (χ2v) is 6.88. The molecule has 2 aliphatic heterocycles. The molecule has 0 aromatic heterocycles. The van der Waals surface area contributed by atoms with Crippen LogP contribution in [0.2, 0.25) is 0 Å². The highest BCUT2D eigenvalue weighted by Crippen LogP contribution is 2.32. The predicted octanol–water partition coefficient (Wildman–Crippen LogP) is 2.49. The Hall–Kier alpha value is -0.0800. The molecular formula is C14H28N2. The van der Waals surface area contributed by atoms with Crippen LogP contribution in [0, 0.1) is 11.8 Å². The lowest BCUT2D eigenvalue weighted by molar-refractivity contribution is 0.0450. The quantitative estimate of drug-likeness (QED) is 0.736. The van der Waals surface area contributed by atoms with E-state index in [2.05, 4.69) is 44.8 Å². The Bertz CT molecular complexity index is 249. The van der Waals surface area contributed by atoms with Crippen LogP contribution < -0.4 is 5.32 Å². The second-order valence-electron chi connectivity index (χ2n) is 6.88. The van der Waals surface area contributed by atoms with Gasteiger partial charge in [-0.15, -0.1) is 0 Å². The van der Waals surface area contributed by atoms with Gasteiger partial charge in [0.15, 0.2) is 0 Å². The van der Waals surface area contributed by atoms with Gasteiger partial charge in [-0.1, -0.05) is 13.8 Å². The highest BCUT2D eigenvalue weighted by atomic mass is 15.2. The molecule has 0 aliphatic carbocycles. The van der Waals surface area contributed by atoms with Crippen LogP contribution in [0.4, 0.5) is 0 Å². The Morgan fingerprint density at radius 1 is 1.19 bits per heavy atom. The number of rotatable bonds is 1. The zero-order valence-electron chi connectivity index (χ0n) is 11.6. The van der Waals surface area contributed by atoms with Crippen LogP contribution in [0.15, 0.2) is 0 Å². The minimum absolute atomic E-state index is 0.342. The van der Waals surface area contributed by atoms with E-state index in [0.717, 1.165) is 23.9 Å². The highest BCUT2D eigenvalue weighted by molar-refractivity contribution is 4.97. The molecule has 2 rings (SSSR count). The molecule has 2 nitrogen and oxygen atoms in total. The molecule has 0 bridgehead atoms. The maximum atomic E-state index is 3.65. The molecule has 16 heavy (non-hydrogen) atoms. The molecule has 4 atom stereocenters. The number of piperidine rings is 1. The summed E-state index contributed by atoms with van der Waals surface area (Å²) in [6.07, 6.45) is 2.71. The molecule has 2 heterocycles. The Morgan fingerprint density at radius 3 is 2.44 bits per heavy atom. The zero-order valence-corrected chi connectivity index (χ0v) is 11.6. The van der Waals surface area contributed by atoms with E-state index in [9.17, 15) is 0 Å². The fraction of sp³-hybridized carbons (Fsp3) is 1.00. The average molecular weight is 224 g/mol. The van der Waals surface area contributed by atoms with Gasteiger partial charge in [0.05, 0.1) is 0 Å². The zero-order chi connectivity index (χ0) is 11.9. The summed E-state index contributed by atoms with van der Waals surface area (Å²) in [5.41, 5.74) is 0.342. The van der Waals surface area contributed by atoms with Crippen molar-refractivity contribution in [2.45, 2.75) is 65.1 Å². The molecule has 0 aromatic rings. The SMILES string of the molecule is CC1CC(C)C(C)N(C2CNC(C)(C)C2)C1. The fourth-order valence-electron chi connectivity index (χ4n) is 3.60. The topological polar surface area (TPSA) is 15.3 Å². The Labute approximate surface area is 101 Å². The van der Waals surface area contributed by atoms with Gasteiger partial charge < -0.3 is 5.32 Å². The number of hydrogen-bond acceptors (Lipinski definition) is 2. The van der Waals surface area contributed by atoms with E-state index in [1.807, 2.05) is 0 Å². The van der Waals surface area contributed by atoms with Crippen molar-refractivity contribution in [3.8, 4) is 0 Å². The van der Waals surface area contributed by atoms with Gasteiger partial charge in [-0.05, 0) is 45.4 Å². The first-order valence-electron chi connectivity index (χ1n) is 6.90. The van der Waals surface area contributed by atoms with E-state index < -0.39 is 0 Å². The van der Waals surface area contributed by atoms with Gasteiger partial charge in [0.2, 0.25) is 0 Å². The molecule has 0 amide bonds. The average Bonchev–Trinajstić information content (AvgIpc) is 2.52. The minimum atomic E-state index is 0.342. The molecule has 0 radical (unpaired) electrons. The molecule has 2 fully saturated rings. The Morgan fingerprint density at radius 2 is 1.88 bits per heavy atom. The number of hydrogen-bond donors (Lipinski definition) is 1. The van der Waals surface area contributed by atoms with Gasteiger partial charge in [0.1, 0.15) is 0 Å². The van der Waals surface area contributed by atoms with Gasteiger partial charge >= 0.3 is 0 Å². The van der Waals surface area contributed by atoms with Crippen molar-refractivity contribution in [1.82, 2.24) is 10.2 Å². The molecular weight excluding hydrogens is 196 g/mol. The Kier molecular flexibility index (Phi) is 3.33. The number of nitrogens with one attached hydrogen (secondary N) is 1. The summed E-state index contributed by atoms with van der Waals surface area (Å²) in [7, 11) is 0. The van der Waals surface area contributed by atoms with Crippen LogP contribution in [0.25, 0.3) is 0 Å². The maximum absolute atomic E-state index is 3.65. The van der Waals surface area contributed by atoms with Gasteiger partial charge in [0, 0.05) is 30.7 Å². The summed E-state index contributed by atoms with van der Waals surface area (Å²) >= 11 is 0. The van der Waals surface area contributed by atoms with Crippen molar-refractivity contribution in [3.63, 3.8) is 0 Å². The van der Waals surface area contributed by atoms with E-state index >= 15 is 0 Å². The smallest absolute Gasteiger partial charge is 0.0241 e. The number of nitrogens with zero attached hydrogens (tertiary/aromatic N) is 1. The van der Waals surface area contributed by atoms with E-state index in [1.54, 1.807) is 0 Å². The maximum Gasteiger partial charge on any atom is 0.0241 e. The lowest BCUT2D eigenvalue weighted by Gasteiger charge is -2.44. The predicted molar refractivity (Wildman–Crippen MR) is 69.6 cm³/mol. The Balaban J connectivity index is 2.03. The van der Waals surface area contributed by atoms with Gasteiger partial charge in [-0.2, -0.15) is 0 Å². The first kappa shape index (κ1) is 12.4. The molecule has 2 aliphatic rings. The van der Waals surface area contributed by atoms with Crippen molar-refractivity contribution >= 4 is 0 Å². The molecule has 1 N–H and O–H groups in total. The molecule has 0 aromatic carbocycles. The molecule has 94 valence electrons. The fourth-order valence-corrected chi connectivity index (χ4v) is 3.60. The van der Waals surface area contributed by atoms with Gasteiger partial charge in [0.25, 0.3) is 0 Å². The van der Waals surface area contributed by atoms with E-state index in [-0.39, 0.29) is 0 Å².